The van der Waals surface area contributed by atoms with Crippen molar-refractivity contribution in [3.8, 4) is 0 Å². The van der Waals surface area contributed by atoms with Gasteiger partial charge in [0.2, 0.25) is 0 Å². The van der Waals surface area contributed by atoms with Crippen molar-refractivity contribution in [2.45, 2.75) is 6.42 Å². The number of amides is 1. The summed E-state index contributed by atoms with van der Waals surface area (Å²) in [4.78, 5) is 25.0. The van der Waals surface area contributed by atoms with Crippen LogP contribution in [0.15, 0.2) is 88.6 Å². The maximum atomic E-state index is 12.6. The van der Waals surface area contributed by atoms with Gasteiger partial charge >= 0.3 is 5.63 Å². The lowest BCUT2D eigenvalue weighted by Crippen LogP contribution is -2.20. The maximum Gasteiger partial charge on any atom is 0.349 e. The van der Waals surface area contributed by atoms with E-state index in [2.05, 4.69) is 11.9 Å². The lowest BCUT2D eigenvalue weighted by Gasteiger charge is -2.08. The second kappa shape index (κ2) is 6.92. The number of allylic oxidation sites excluding steroid dienone is 1. The Morgan fingerprint density at radius 3 is 2.56 bits per heavy atom. The van der Waals surface area contributed by atoms with E-state index in [4.69, 9.17) is 4.42 Å². The van der Waals surface area contributed by atoms with Crippen molar-refractivity contribution in [1.29, 1.82) is 0 Å². The van der Waals surface area contributed by atoms with E-state index in [1.807, 2.05) is 60.7 Å². The van der Waals surface area contributed by atoms with Gasteiger partial charge in [-0.25, -0.2) is 4.79 Å². The highest BCUT2D eigenvalue weighted by Crippen LogP contribution is 2.21. The van der Waals surface area contributed by atoms with Crippen LogP contribution in [-0.2, 0) is 6.42 Å². The third-order valence-corrected chi connectivity index (χ3v) is 4.46. The van der Waals surface area contributed by atoms with Crippen LogP contribution < -0.4 is 10.9 Å². The summed E-state index contributed by atoms with van der Waals surface area (Å²) in [6.07, 6.45) is 2.33. The third-order valence-electron chi connectivity index (χ3n) is 4.46. The first-order chi connectivity index (χ1) is 13.2. The van der Waals surface area contributed by atoms with Gasteiger partial charge in [-0.1, -0.05) is 54.6 Å². The Bertz CT molecular complexity index is 1240. The van der Waals surface area contributed by atoms with Crippen LogP contribution in [0.3, 0.4) is 0 Å². The van der Waals surface area contributed by atoms with E-state index < -0.39 is 11.5 Å². The fraction of sp³-hybridized carbons (Fsp3) is 0.0435. The van der Waals surface area contributed by atoms with Crippen molar-refractivity contribution in [3.63, 3.8) is 0 Å². The van der Waals surface area contributed by atoms with Crippen LogP contribution in [0.25, 0.3) is 21.7 Å². The van der Waals surface area contributed by atoms with Crippen molar-refractivity contribution in [2.75, 3.05) is 5.32 Å². The summed E-state index contributed by atoms with van der Waals surface area (Å²) < 4.78 is 5.44. The Balaban J connectivity index is 1.70. The quantitative estimate of drug-likeness (QED) is 0.417. The number of anilines is 1. The minimum atomic E-state index is -0.655. The Morgan fingerprint density at radius 2 is 1.74 bits per heavy atom. The molecule has 27 heavy (non-hydrogen) atoms. The van der Waals surface area contributed by atoms with Crippen LogP contribution in [0.2, 0.25) is 0 Å². The number of carbonyl (C=O) groups excluding carboxylic acids is 1. The van der Waals surface area contributed by atoms with Crippen molar-refractivity contribution < 1.29 is 9.21 Å². The van der Waals surface area contributed by atoms with Gasteiger partial charge in [-0.2, -0.15) is 0 Å². The number of rotatable bonds is 4. The molecule has 1 aromatic heterocycles. The zero-order valence-electron chi connectivity index (χ0n) is 14.6. The fourth-order valence-corrected chi connectivity index (χ4v) is 3.14. The molecule has 0 aliphatic heterocycles. The number of nitrogens with one attached hydrogen (secondary N) is 1. The van der Waals surface area contributed by atoms with E-state index in [9.17, 15) is 9.59 Å². The van der Waals surface area contributed by atoms with Gasteiger partial charge in [0.05, 0.1) is 0 Å². The van der Waals surface area contributed by atoms with Gasteiger partial charge in [-0.15, -0.1) is 6.58 Å². The number of hydrogen-bond acceptors (Lipinski definition) is 3. The van der Waals surface area contributed by atoms with E-state index in [0.717, 1.165) is 16.3 Å². The minimum Gasteiger partial charge on any atom is -0.422 e. The summed E-state index contributed by atoms with van der Waals surface area (Å²) in [6, 6.07) is 20.6. The number of para-hydroxylation sites is 1. The van der Waals surface area contributed by atoms with Crippen molar-refractivity contribution in [3.05, 3.63) is 101 Å². The molecule has 0 radical (unpaired) electrons. The van der Waals surface area contributed by atoms with Gasteiger partial charge in [0.15, 0.2) is 0 Å². The average molecular weight is 355 g/mol. The Labute approximate surface area is 155 Å². The Morgan fingerprint density at radius 1 is 0.963 bits per heavy atom. The lowest BCUT2D eigenvalue weighted by molar-refractivity contribution is 0.102. The molecule has 4 nitrogen and oxygen atoms in total. The van der Waals surface area contributed by atoms with Crippen LogP contribution in [0.1, 0.15) is 15.9 Å². The molecule has 132 valence electrons. The van der Waals surface area contributed by atoms with Gasteiger partial charge in [-0.05, 0) is 41.0 Å². The number of hydrogen-bond donors (Lipinski definition) is 1. The molecule has 1 amide bonds. The zero-order chi connectivity index (χ0) is 18.8. The first-order valence-electron chi connectivity index (χ1n) is 8.62. The molecule has 0 bridgehead atoms. The van der Waals surface area contributed by atoms with E-state index >= 15 is 0 Å². The molecule has 1 heterocycles. The minimum absolute atomic E-state index is 0.0218. The molecule has 0 saturated heterocycles. The van der Waals surface area contributed by atoms with Crippen molar-refractivity contribution in [2.24, 2.45) is 0 Å². The van der Waals surface area contributed by atoms with Gasteiger partial charge in [0, 0.05) is 11.1 Å². The second-order valence-corrected chi connectivity index (χ2v) is 6.29. The topological polar surface area (TPSA) is 59.3 Å². The molecule has 4 heteroatoms. The Hall–Kier alpha value is -3.66. The molecule has 0 aliphatic carbocycles. The molecule has 0 saturated carbocycles. The smallest absolute Gasteiger partial charge is 0.349 e. The highest BCUT2D eigenvalue weighted by molar-refractivity contribution is 6.06. The van der Waals surface area contributed by atoms with Crippen LogP contribution in [0.5, 0.6) is 0 Å². The fourth-order valence-electron chi connectivity index (χ4n) is 3.14. The third kappa shape index (κ3) is 3.25. The van der Waals surface area contributed by atoms with E-state index in [1.165, 1.54) is 0 Å². The summed E-state index contributed by atoms with van der Waals surface area (Å²) in [7, 11) is 0. The van der Waals surface area contributed by atoms with E-state index in [0.29, 0.717) is 23.1 Å². The van der Waals surface area contributed by atoms with Gasteiger partial charge in [-0.3, -0.25) is 4.79 Å². The van der Waals surface area contributed by atoms with Crippen LogP contribution >= 0.6 is 0 Å². The van der Waals surface area contributed by atoms with Crippen molar-refractivity contribution >= 4 is 33.3 Å². The molecule has 4 aromatic rings. The first kappa shape index (κ1) is 16.8. The van der Waals surface area contributed by atoms with Crippen molar-refractivity contribution in [1.82, 2.24) is 0 Å². The SMILES string of the molecule is C=CCc1cccc2cc(C(=O)Nc3ccc4ccccc4c3)c(=O)oc12. The molecular formula is C23H17NO3. The standard InChI is InChI=1S/C23H17NO3/c1-2-6-16-9-5-10-18-14-20(23(26)27-21(16)18)22(25)24-19-12-11-15-7-3-4-8-17(15)13-19/h2-5,7-14H,1,6H2,(H,24,25). The Kier molecular flexibility index (Phi) is 4.30. The maximum absolute atomic E-state index is 12.6. The molecule has 0 aliphatic rings. The van der Waals surface area contributed by atoms with Gasteiger partial charge in [0.25, 0.3) is 5.91 Å². The zero-order valence-corrected chi connectivity index (χ0v) is 14.6. The predicted octanol–water partition coefficient (Wildman–Crippen LogP) is 4.93. The molecule has 0 unspecified atom stereocenters. The van der Waals surface area contributed by atoms with Crippen LogP contribution in [-0.4, -0.2) is 5.91 Å². The lowest BCUT2D eigenvalue weighted by atomic mass is 10.1. The van der Waals surface area contributed by atoms with Crippen LogP contribution in [0, 0.1) is 0 Å². The second-order valence-electron chi connectivity index (χ2n) is 6.29. The first-order valence-corrected chi connectivity index (χ1v) is 8.62. The van der Waals surface area contributed by atoms with E-state index in [1.54, 1.807) is 12.1 Å². The molecule has 0 spiro atoms. The highest BCUT2D eigenvalue weighted by atomic mass is 16.4. The number of benzene rings is 3. The molecule has 3 aromatic carbocycles. The molecule has 4 rings (SSSR count). The summed E-state index contributed by atoms with van der Waals surface area (Å²) >= 11 is 0. The largest absolute Gasteiger partial charge is 0.422 e. The molecule has 0 fully saturated rings. The van der Waals surface area contributed by atoms with Gasteiger partial charge in [0.1, 0.15) is 11.1 Å². The van der Waals surface area contributed by atoms with Crippen LogP contribution in [0.4, 0.5) is 5.69 Å². The van der Waals surface area contributed by atoms with Gasteiger partial charge < -0.3 is 9.73 Å². The summed E-state index contributed by atoms with van der Waals surface area (Å²) in [6.45, 7) is 3.72. The summed E-state index contributed by atoms with van der Waals surface area (Å²) in [5.41, 5.74) is 1.30. The monoisotopic (exact) mass is 355 g/mol. The summed E-state index contributed by atoms with van der Waals surface area (Å²) in [5, 5.41) is 5.57. The average Bonchev–Trinajstić information content (AvgIpc) is 2.68. The normalized spacial score (nSPS) is 10.8. The molecule has 0 atom stereocenters. The van der Waals surface area contributed by atoms with E-state index in [-0.39, 0.29) is 5.56 Å². The molecule has 1 N–H and O–H groups in total. The summed E-state index contributed by atoms with van der Waals surface area (Å²) in [5.74, 6) is -0.491. The number of carbonyl (C=O) groups is 1. The highest BCUT2D eigenvalue weighted by Gasteiger charge is 2.15. The number of fused-ring (bicyclic) bond motifs is 2. The predicted molar refractivity (Wildman–Crippen MR) is 108 cm³/mol. The molecular weight excluding hydrogens is 338 g/mol.